The summed E-state index contributed by atoms with van der Waals surface area (Å²) < 4.78 is 13.5. The summed E-state index contributed by atoms with van der Waals surface area (Å²) in [4.78, 5) is 21.6. The Hall–Kier alpha value is -2.89. The lowest BCUT2D eigenvalue weighted by molar-refractivity contribution is -0.115. The van der Waals surface area contributed by atoms with Crippen molar-refractivity contribution in [3.05, 3.63) is 53.6 Å². The van der Waals surface area contributed by atoms with Crippen LogP contribution in [0, 0.1) is 12.7 Å². The van der Waals surface area contributed by atoms with Crippen LogP contribution in [0.5, 0.6) is 0 Å². The third-order valence-corrected chi connectivity index (χ3v) is 3.91. The molecule has 24 heavy (non-hydrogen) atoms. The van der Waals surface area contributed by atoms with Crippen molar-refractivity contribution in [1.82, 2.24) is 9.97 Å². The van der Waals surface area contributed by atoms with Crippen LogP contribution in [0.3, 0.4) is 0 Å². The van der Waals surface area contributed by atoms with Crippen molar-refractivity contribution in [1.29, 1.82) is 0 Å². The van der Waals surface area contributed by atoms with Gasteiger partial charge in [-0.15, -0.1) is 0 Å². The molecule has 1 aromatic carbocycles. The molecule has 0 aliphatic carbocycles. The summed E-state index contributed by atoms with van der Waals surface area (Å²) in [5.41, 5.74) is 3.13. The number of anilines is 2. The Kier molecular flexibility index (Phi) is 4.20. The molecule has 0 saturated carbocycles. The Labute approximate surface area is 139 Å². The van der Waals surface area contributed by atoms with E-state index in [0.29, 0.717) is 5.69 Å². The van der Waals surface area contributed by atoms with Gasteiger partial charge >= 0.3 is 0 Å². The average molecular weight is 326 g/mol. The SMILES string of the molecule is Cc1[nH]c2ccc(F)cc2c1CC(=O)Nc1ccc(N(C)C)nc1. The number of aryl methyl sites for hydroxylation is 1. The van der Waals surface area contributed by atoms with Crippen LogP contribution >= 0.6 is 0 Å². The molecule has 3 rings (SSSR count). The summed E-state index contributed by atoms with van der Waals surface area (Å²) in [6, 6.07) is 8.18. The first kappa shape index (κ1) is 16.0. The molecule has 6 heteroatoms. The van der Waals surface area contributed by atoms with Gasteiger partial charge in [-0.1, -0.05) is 0 Å². The monoisotopic (exact) mass is 326 g/mol. The highest BCUT2D eigenvalue weighted by atomic mass is 19.1. The van der Waals surface area contributed by atoms with Crippen molar-refractivity contribution >= 4 is 28.3 Å². The lowest BCUT2D eigenvalue weighted by Gasteiger charge is -2.11. The second-order valence-electron chi connectivity index (χ2n) is 5.94. The Morgan fingerprint density at radius 1 is 1.29 bits per heavy atom. The molecule has 3 aromatic rings. The zero-order valence-electron chi connectivity index (χ0n) is 13.9. The van der Waals surface area contributed by atoms with E-state index in [1.165, 1.54) is 12.1 Å². The molecule has 2 N–H and O–H groups in total. The Bertz CT molecular complexity index is 884. The van der Waals surface area contributed by atoms with Crippen LogP contribution in [0.2, 0.25) is 0 Å². The number of nitrogens with one attached hydrogen (secondary N) is 2. The number of aromatic amines is 1. The molecule has 1 amide bonds. The number of nitrogens with zero attached hydrogens (tertiary/aromatic N) is 2. The molecule has 0 aliphatic heterocycles. The smallest absolute Gasteiger partial charge is 0.228 e. The van der Waals surface area contributed by atoms with E-state index in [2.05, 4.69) is 15.3 Å². The number of pyridine rings is 1. The molecule has 0 atom stereocenters. The van der Waals surface area contributed by atoms with Crippen molar-refractivity contribution in [2.75, 3.05) is 24.3 Å². The molecule has 5 nitrogen and oxygen atoms in total. The second-order valence-corrected chi connectivity index (χ2v) is 5.94. The van der Waals surface area contributed by atoms with E-state index in [-0.39, 0.29) is 18.1 Å². The number of benzene rings is 1. The van der Waals surface area contributed by atoms with Gasteiger partial charge in [-0.05, 0) is 42.8 Å². The van der Waals surface area contributed by atoms with Crippen molar-refractivity contribution in [2.24, 2.45) is 0 Å². The number of hydrogen-bond donors (Lipinski definition) is 2. The topological polar surface area (TPSA) is 61.0 Å². The summed E-state index contributed by atoms with van der Waals surface area (Å²) in [6.45, 7) is 1.88. The molecular formula is C18H19FN4O. The first-order valence-electron chi connectivity index (χ1n) is 7.64. The molecule has 0 aliphatic rings. The second kappa shape index (κ2) is 6.31. The van der Waals surface area contributed by atoms with E-state index in [1.807, 2.05) is 38.1 Å². The van der Waals surface area contributed by atoms with Gasteiger partial charge in [0, 0.05) is 30.7 Å². The van der Waals surface area contributed by atoms with Crippen LogP contribution in [-0.4, -0.2) is 30.0 Å². The highest BCUT2D eigenvalue weighted by Gasteiger charge is 2.13. The first-order valence-corrected chi connectivity index (χ1v) is 7.64. The lowest BCUT2D eigenvalue weighted by Crippen LogP contribution is -2.15. The minimum Gasteiger partial charge on any atom is -0.363 e. The summed E-state index contributed by atoms with van der Waals surface area (Å²) in [6.07, 6.45) is 1.79. The molecule has 2 aromatic heterocycles. The predicted molar refractivity (Wildman–Crippen MR) is 93.9 cm³/mol. The molecular weight excluding hydrogens is 307 g/mol. The van der Waals surface area contributed by atoms with Gasteiger partial charge in [0.05, 0.1) is 18.3 Å². The molecule has 0 spiro atoms. The van der Waals surface area contributed by atoms with E-state index < -0.39 is 0 Å². The summed E-state index contributed by atoms with van der Waals surface area (Å²) in [5.74, 6) is 0.338. The Morgan fingerprint density at radius 3 is 2.75 bits per heavy atom. The fraction of sp³-hybridized carbons (Fsp3) is 0.222. The number of hydrogen-bond acceptors (Lipinski definition) is 3. The van der Waals surface area contributed by atoms with E-state index in [1.54, 1.807) is 12.3 Å². The van der Waals surface area contributed by atoms with Gasteiger partial charge in [0.1, 0.15) is 11.6 Å². The quantitative estimate of drug-likeness (QED) is 0.773. The largest absolute Gasteiger partial charge is 0.363 e. The van der Waals surface area contributed by atoms with Gasteiger partial charge in [-0.3, -0.25) is 4.79 Å². The number of halogens is 1. The number of fused-ring (bicyclic) bond motifs is 1. The van der Waals surface area contributed by atoms with E-state index in [0.717, 1.165) is 28.0 Å². The number of rotatable bonds is 4. The van der Waals surface area contributed by atoms with Crippen molar-refractivity contribution < 1.29 is 9.18 Å². The van der Waals surface area contributed by atoms with Crippen LogP contribution in [-0.2, 0) is 11.2 Å². The van der Waals surface area contributed by atoms with Gasteiger partial charge in [0.2, 0.25) is 5.91 Å². The maximum Gasteiger partial charge on any atom is 0.228 e. The normalized spacial score (nSPS) is 10.8. The number of aromatic nitrogens is 2. The van der Waals surface area contributed by atoms with Crippen molar-refractivity contribution in [2.45, 2.75) is 13.3 Å². The van der Waals surface area contributed by atoms with E-state index >= 15 is 0 Å². The van der Waals surface area contributed by atoms with Crippen LogP contribution in [0.1, 0.15) is 11.3 Å². The highest BCUT2D eigenvalue weighted by Crippen LogP contribution is 2.24. The lowest BCUT2D eigenvalue weighted by atomic mass is 10.1. The molecule has 0 fully saturated rings. The maximum atomic E-state index is 13.5. The molecule has 124 valence electrons. The molecule has 0 saturated heterocycles. The molecule has 0 unspecified atom stereocenters. The average Bonchev–Trinajstić information content (AvgIpc) is 2.83. The molecule has 2 heterocycles. The number of carbonyl (C=O) groups is 1. The fourth-order valence-electron chi connectivity index (χ4n) is 2.67. The number of H-pyrrole nitrogens is 1. The van der Waals surface area contributed by atoms with Crippen molar-refractivity contribution in [3.8, 4) is 0 Å². The minimum atomic E-state index is -0.313. The number of carbonyl (C=O) groups excluding carboxylic acids is 1. The standard InChI is InChI=1S/C18H19FN4O/c1-11-14(15-8-12(19)4-6-16(15)21-11)9-18(24)22-13-5-7-17(20-10-13)23(2)3/h4-8,10,21H,9H2,1-3H3,(H,22,24). The summed E-state index contributed by atoms with van der Waals surface area (Å²) >= 11 is 0. The van der Waals surface area contributed by atoms with Gasteiger partial charge in [-0.25, -0.2) is 9.37 Å². The molecule has 0 radical (unpaired) electrons. The Morgan fingerprint density at radius 2 is 2.08 bits per heavy atom. The van der Waals surface area contributed by atoms with Crippen LogP contribution in [0.25, 0.3) is 10.9 Å². The van der Waals surface area contributed by atoms with Gasteiger partial charge < -0.3 is 15.2 Å². The fourth-order valence-corrected chi connectivity index (χ4v) is 2.67. The van der Waals surface area contributed by atoms with Crippen LogP contribution < -0.4 is 10.2 Å². The van der Waals surface area contributed by atoms with E-state index in [9.17, 15) is 9.18 Å². The maximum absolute atomic E-state index is 13.5. The van der Waals surface area contributed by atoms with Gasteiger partial charge in [-0.2, -0.15) is 0 Å². The zero-order chi connectivity index (χ0) is 17.3. The first-order chi connectivity index (χ1) is 11.4. The third-order valence-electron chi connectivity index (χ3n) is 3.91. The third kappa shape index (κ3) is 3.22. The zero-order valence-corrected chi connectivity index (χ0v) is 13.9. The summed E-state index contributed by atoms with van der Waals surface area (Å²) in [7, 11) is 3.80. The van der Waals surface area contributed by atoms with Gasteiger partial charge in [0.25, 0.3) is 0 Å². The van der Waals surface area contributed by atoms with Crippen molar-refractivity contribution in [3.63, 3.8) is 0 Å². The highest BCUT2D eigenvalue weighted by molar-refractivity contribution is 5.96. The van der Waals surface area contributed by atoms with Crippen LogP contribution in [0.4, 0.5) is 15.9 Å². The van der Waals surface area contributed by atoms with Gasteiger partial charge in [0.15, 0.2) is 0 Å². The summed E-state index contributed by atoms with van der Waals surface area (Å²) in [5, 5.41) is 3.56. The minimum absolute atomic E-state index is 0.164. The Balaban J connectivity index is 1.77. The molecule has 0 bridgehead atoms. The van der Waals surface area contributed by atoms with E-state index in [4.69, 9.17) is 0 Å². The number of amides is 1. The predicted octanol–water partition coefficient (Wildman–Crippen LogP) is 3.26. The van der Waals surface area contributed by atoms with Crippen LogP contribution in [0.15, 0.2) is 36.5 Å².